The molecule has 3 fully saturated rings. The standard InChI is InChI=1S/C17H25N5O5S/c1-11-14(12(2)27-19-11)28(25,26)21-8-6-20(7-9-21)10-22-15(23)17(3,13-4-5-13)18-16(22)24/h13H,4-10H2,1-3H3,(H,18,24)/t17-/m1/s1. The molecule has 1 saturated carbocycles. The number of rotatable bonds is 5. The highest BCUT2D eigenvalue weighted by Crippen LogP contribution is 2.42. The van der Waals surface area contributed by atoms with Crippen LogP contribution in [0.15, 0.2) is 9.42 Å². The first-order valence-corrected chi connectivity index (χ1v) is 10.9. The van der Waals surface area contributed by atoms with Crippen molar-refractivity contribution in [1.29, 1.82) is 0 Å². The van der Waals surface area contributed by atoms with Crippen LogP contribution in [-0.4, -0.2) is 78.0 Å². The number of urea groups is 1. The van der Waals surface area contributed by atoms with Crippen molar-refractivity contribution in [1.82, 2.24) is 24.6 Å². The highest BCUT2D eigenvalue weighted by Gasteiger charge is 2.56. The van der Waals surface area contributed by atoms with E-state index in [4.69, 9.17) is 4.52 Å². The minimum atomic E-state index is -3.68. The van der Waals surface area contributed by atoms with Crippen LogP contribution in [0.5, 0.6) is 0 Å². The average molecular weight is 411 g/mol. The molecular weight excluding hydrogens is 386 g/mol. The van der Waals surface area contributed by atoms with Gasteiger partial charge in [0.25, 0.3) is 5.91 Å². The second-order valence-electron chi connectivity index (χ2n) is 7.96. The number of hydrogen-bond donors (Lipinski definition) is 1. The van der Waals surface area contributed by atoms with Crippen LogP contribution in [0.25, 0.3) is 0 Å². The van der Waals surface area contributed by atoms with E-state index in [9.17, 15) is 18.0 Å². The maximum absolute atomic E-state index is 12.9. The van der Waals surface area contributed by atoms with E-state index in [1.165, 1.54) is 9.21 Å². The van der Waals surface area contributed by atoms with E-state index < -0.39 is 15.6 Å². The molecule has 3 heterocycles. The van der Waals surface area contributed by atoms with Gasteiger partial charge in [-0.05, 0) is 39.5 Å². The van der Waals surface area contributed by atoms with Crippen molar-refractivity contribution in [3.05, 3.63) is 11.5 Å². The molecule has 0 unspecified atom stereocenters. The van der Waals surface area contributed by atoms with Crippen LogP contribution >= 0.6 is 0 Å². The molecule has 3 amide bonds. The molecule has 0 bridgehead atoms. The van der Waals surface area contributed by atoms with Crippen molar-refractivity contribution < 1.29 is 22.5 Å². The average Bonchev–Trinajstić information content (AvgIpc) is 3.41. The molecule has 1 atom stereocenters. The number of hydrogen-bond acceptors (Lipinski definition) is 7. The smallest absolute Gasteiger partial charge is 0.326 e. The van der Waals surface area contributed by atoms with Gasteiger partial charge in [0.1, 0.15) is 16.1 Å². The van der Waals surface area contributed by atoms with Crippen molar-refractivity contribution in [3.63, 3.8) is 0 Å². The van der Waals surface area contributed by atoms with Crippen LogP contribution in [0.4, 0.5) is 4.79 Å². The number of nitrogens with one attached hydrogen (secondary N) is 1. The number of imide groups is 1. The summed E-state index contributed by atoms with van der Waals surface area (Å²) in [6.07, 6.45) is 1.91. The predicted octanol–water partition coefficient (Wildman–Crippen LogP) is 0.276. The van der Waals surface area contributed by atoms with E-state index in [0.29, 0.717) is 18.8 Å². The van der Waals surface area contributed by atoms with E-state index in [0.717, 1.165) is 12.8 Å². The highest BCUT2D eigenvalue weighted by atomic mass is 32.2. The summed E-state index contributed by atoms with van der Waals surface area (Å²) < 4.78 is 32.2. The monoisotopic (exact) mass is 411 g/mol. The maximum Gasteiger partial charge on any atom is 0.326 e. The number of carbonyl (C=O) groups excluding carboxylic acids is 2. The molecule has 1 aromatic rings. The third-order valence-corrected chi connectivity index (χ3v) is 8.08. The van der Waals surface area contributed by atoms with Crippen LogP contribution in [0.3, 0.4) is 0 Å². The molecule has 10 nitrogen and oxygen atoms in total. The summed E-state index contributed by atoms with van der Waals surface area (Å²) in [7, 11) is -3.68. The summed E-state index contributed by atoms with van der Waals surface area (Å²) in [4.78, 5) is 28.3. The fourth-order valence-electron chi connectivity index (χ4n) is 4.06. The predicted molar refractivity (Wildman–Crippen MR) is 97.7 cm³/mol. The van der Waals surface area contributed by atoms with Crippen LogP contribution < -0.4 is 5.32 Å². The third kappa shape index (κ3) is 3.01. The minimum Gasteiger partial charge on any atom is -0.360 e. The molecule has 0 spiro atoms. The lowest BCUT2D eigenvalue weighted by atomic mass is 9.96. The maximum atomic E-state index is 12.9. The molecule has 154 valence electrons. The first-order valence-electron chi connectivity index (χ1n) is 9.44. The molecule has 2 aliphatic heterocycles. The normalized spacial score (nSPS) is 27.5. The summed E-state index contributed by atoms with van der Waals surface area (Å²) in [6, 6.07) is -0.370. The van der Waals surface area contributed by atoms with Crippen LogP contribution in [-0.2, 0) is 14.8 Å². The Morgan fingerprint density at radius 3 is 2.36 bits per heavy atom. The molecule has 0 aromatic carbocycles. The summed E-state index contributed by atoms with van der Waals surface area (Å²) in [5, 5.41) is 6.56. The van der Waals surface area contributed by atoms with E-state index in [1.807, 2.05) is 4.90 Å². The quantitative estimate of drug-likeness (QED) is 0.692. The topological polar surface area (TPSA) is 116 Å². The van der Waals surface area contributed by atoms with Crippen LogP contribution in [0, 0.1) is 19.8 Å². The van der Waals surface area contributed by atoms with Gasteiger partial charge >= 0.3 is 6.03 Å². The molecule has 1 N–H and O–H groups in total. The van der Waals surface area contributed by atoms with E-state index >= 15 is 0 Å². The second-order valence-corrected chi connectivity index (χ2v) is 9.83. The molecule has 1 aliphatic carbocycles. The SMILES string of the molecule is Cc1noc(C)c1S(=O)(=O)N1CCN(CN2C(=O)N[C@](C)(C3CC3)C2=O)CC1. The highest BCUT2D eigenvalue weighted by molar-refractivity contribution is 7.89. The summed E-state index contributed by atoms with van der Waals surface area (Å²) in [5.74, 6) is 0.301. The van der Waals surface area contributed by atoms with Gasteiger partial charge in [-0.1, -0.05) is 5.16 Å². The Bertz CT molecular complexity index is 897. The Kier molecular flexibility index (Phi) is 4.51. The molecule has 2 saturated heterocycles. The van der Waals surface area contributed by atoms with Crippen molar-refractivity contribution in [2.24, 2.45) is 5.92 Å². The molecular formula is C17H25N5O5S. The van der Waals surface area contributed by atoms with E-state index in [2.05, 4.69) is 10.5 Å². The third-order valence-electron chi connectivity index (χ3n) is 5.93. The van der Waals surface area contributed by atoms with Gasteiger partial charge in [-0.2, -0.15) is 4.31 Å². The van der Waals surface area contributed by atoms with E-state index in [1.54, 1.807) is 20.8 Å². The summed E-state index contributed by atoms with van der Waals surface area (Å²) >= 11 is 0. The number of aromatic nitrogens is 1. The Morgan fingerprint density at radius 1 is 1.18 bits per heavy atom. The number of nitrogens with zero attached hydrogens (tertiary/aromatic N) is 4. The summed E-state index contributed by atoms with van der Waals surface area (Å²) in [6.45, 7) is 6.56. The van der Waals surface area contributed by atoms with Gasteiger partial charge in [0.05, 0.1) is 6.67 Å². The minimum absolute atomic E-state index is 0.121. The number of sulfonamides is 1. The van der Waals surface area contributed by atoms with Gasteiger partial charge in [0.2, 0.25) is 10.0 Å². The Hall–Kier alpha value is -1.98. The van der Waals surface area contributed by atoms with Crippen LogP contribution in [0.2, 0.25) is 0 Å². The molecule has 1 aromatic heterocycles. The van der Waals surface area contributed by atoms with Crippen molar-refractivity contribution >= 4 is 22.0 Å². The molecule has 11 heteroatoms. The first kappa shape index (κ1) is 19.3. The molecule has 3 aliphatic rings. The fourth-order valence-corrected chi connectivity index (χ4v) is 5.78. The van der Waals surface area contributed by atoms with Gasteiger partial charge in [0.15, 0.2) is 5.76 Å². The summed E-state index contributed by atoms with van der Waals surface area (Å²) in [5.41, 5.74) is -0.454. The van der Waals surface area contributed by atoms with Crippen molar-refractivity contribution in [3.8, 4) is 0 Å². The molecule has 0 radical (unpaired) electrons. The molecule has 28 heavy (non-hydrogen) atoms. The Balaban J connectivity index is 1.40. The van der Waals surface area contributed by atoms with E-state index in [-0.39, 0.29) is 48.3 Å². The zero-order valence-electron chi connectivity index (χ0n) is 16.3. The second kappa shape index (κ2) is 6.53. The van der Waals surface area contributed by atoms with Crippen LogP contribution in [0.1, 0.15) is 31.2 Å². The Labute approximate surface area is 163 Å². The van der Waals surface area contributed by atoms with Crippen molar-refractivity contribution in [2.45, 2.75) is 44.0 Å². The lowest BCUT2D eigenvalue weighted by molar-refractivity contribution is -0.133. The first-order chi connectivity index (χ1) is 13.1. The zero-order chi connectivity index (χ0) is 20.3. The lowest BCUT2D eigenvalue weighted by Gasteiger charge is -2.35. The number of piperazine rings is 1. The zero-order valence-corrected chi connectivity index (χ0v) is 17.1. The van der Waals surface area contributed by atoms with Gasteiger partial charge in [-0.15, -0.1) is 0 Å². The molecule has 4 rings (SSSR count). The number of aryl methyl sites for hydroxylation is 2. The van der Waals surface area contributed by atoms with Gasteiger partial charge in [-0.25, -0.2) is 18.1 Å². The fraction of sp³-hybridized carbons (Fsp3) is 0.706. The van der Waals surface area contributed by atoms with Gasteiger partial charge < -0.3 is 9.84 Å². The van der Waals surface area contributed by atoms with Gasteiger partial charge in [0, 0.05) is 26.2 Å². The largest absolute Gasteiger partial charge is 0.360 e. The Morgan fingerprint density at radius 2 is 1.82 bits per heavy atom. The van der Waals surface area contributed by atoms with Gasteiger partial charge in [-0.3, -0.25) is 9.69 Å². The number of carbonyl (C=O) groups is 2. The number of amides is 3. The lowest BCUT2D eigenvalue weighted by Crippen LogP contribution is -2.53. The van der Waals surface area contributed by atoms with Crippen molar-refractivity contribution in [2.75, 3.05) is 32.8 Å².